The lowest BCUT2D eigenvalue weighted by atomic mass is 10.2. The standard InChI is InChI=1S/C20H20ClN5O3S/c1-13(18(27)24-19(28)22-11-14-5-3-2-4-6-14)30-20-23-17(25-26-20)12-29-16-9-7-15(21)8-10-16/h2-10,13H,11-12H2,1H3,(H,23,25,26)(H2,22,24,27,28). The van der Waals surface area contributed by atoms with Crippen LogP contribution in [0.25, 0.3) is 0 Å². The number of carbonyl (C=O) groups excluding carboxylic acids is 2. The van der Waals surface area contributed by atoms with Gasteiger partial charge in [-0.05, 0) is 36.8 Å². The molecule has 0 saturated carbocycles. The maximum absolute atomic E-state index is 12.2. The van der Waals surface area contributed by atoms with E-state index in [1.165, 1.54) is 0 Å². The van der Waals surface area contributed by atoms with E-state index in [0.717, 1.165) is 17.3 Å². The molecule has 3 amide bonds. The average Bonchev–Trinajstić information content (AvgIpc) is 3.20. The number of aromatic amines is 1. The second-order valence-electron chi connectivity index (χ2n) is 6.22. The number of amides is 3. The number of nitrogens with zero attached hydrogens (tertiary/aromatic N) is 2. The van der Waals surface area contributed by atoms with Crippen molar-refractivity contribution in [2.45, 2.75) is 30.5 Å². The van der Waals surface area contributed by atoms with Gasteiger partial charge in [-0.15, -0.1) is 5.10 Å². The number of H-pyrrole nitrogens is 1. The highest BCUT2D eigenvalue weighted by Gasteiger charge is 2.19. The Kier molecular flexibility index (Phi) is 7.69. The van der Waals surface area contributed by atoms with Crippen molar-refractivity contribution in [3.63, 3.8) is 0 Å². The maximum atomic E-state index is 12.2. The third kappa shape index (κ3) is 6.78. The first-order valence-electron chi connectivity index (χ1n) is 9.08. The van der Waals surface area contributed by atoms with Crippen molar-refractivity contribution >= 4 is 35.3 Å². The summed E-state index contributed by atoms with van der Waals surface area (Å²) in [6.45, 7) is 2.20. The molecule has 3 aromatic rings. The number of thioether (sulfide) groups is 1. The average molecular weight is 446 g/mol. The maximum Gasteiger partial charge on any atom is 0.321 e. The van der Waals surface area contributed by atoms with Crippen LogP contribution in [-0.4, -0.2) is 32.4 Å². The van der Waals surface area contributed by atoms with Gasteiger partial charge in [0, 0.05) is 11.6 Å². The molecule has 0 spiro atoms. The molecular formula is C20H20ClN5O3S. The third-order valence-corrected chi connectivity index (χ3v) is 5.10. The lowest BCUT2D eigenvalue weighted by Crippen LogP contribution is -2.42. The Hall–Kier alpha value is -3.04. The minimum atomic E-state index is -0.562. The van der Waals surface area contributed by atoms with Gasteiger partial charge in [-0.1, -0.05) is 53.7 Å². The first-order valence-corrected chi connectivity index (χ1v) is 10.3. The molecule has 1 unspecified atom stereocenters. The summed E-state index contributed by atoms with van der Waals surface area (Å²) >= 11 is 6.97. The van der Waals surface area contributed by atoms with Crippen LogP contribution in [0.5, 0.6) is 5.75 Å². The largest absolute Gasteiger partial charge is 0.486 e. The summed E-state index contributed by atoms with van der Waals surface area (Å²) in [7, 11) is 0. The molecular weight excluding hydrogens is 426 g/mol. The number of imide groups is 1. The lowest BCUT2D eigenvalue weighted by molar-refractivity contribution is -0.119. The highest BCUT2D eigenvalue weighted by molar-refractivity contribution is 8.00. The molecule has 8 nitrogen and oxygen atoms in total. The van der Waals surface area contributed by atoms with Gasteiger partial charge in [-0.2, -0.15) is 0 Å². The van der Waals surface area contributed by atoms with Gasteiger partial charge >= 0.3 is 6.03 Å². The molecule has 1 heterocycles. The second-order valence-corrected chi connectivity index (χ2v) is 7.97. The summed E-state index contributed by atoms with van der Waals surface area (Å²) in [6.07, 6.45) is 0. The summed E-state index contributed by atoms with van der Waals surface area (Å²) < 4.78 is 5.59. The molecule has 0 aliphatic rings. The van der Waals surface area contributed by atoms with Crippen molar-refractivity contribution in [2.24, 2.45) is 0 Å². The molecule has 2 aromatic carbocycles. The van der Waals surface area contributed by atoms with Crippen LogP contribution >= 0.6 is 23.4 Å². The highest BCUT2D eigenvalue weighted by Crippen LogP contribution is 2.20. The second kappa shape index (κ2) is 10.7. The SMILES string of the molecule is CC(Sc1n[nH]c(COc2ccc(Cl)cc2)n1)C(=O)NC(=O)NCc1ccccc1. The fraction of sp³-hybridized carbons (Fsp3) is 0.200. The molecule has 30 heavy (non-hydrogen) atoms. The smallest absolute Gasteiger partial charge is 0.321 e. The fourth-order valence-electron chi connectivity index (χ4n) is 2.33. The molecule has 1 aromatic heterocycles. The van der Waals surface area contributed by atoms with E-state index in [0.29, 0.717) is 28.3 Å². The van der Waals surface area contributed by atoms with Gasteiger partial charge in [0.2, 0.25) is 11.1 Å². The molecule has 3 N–H and O–H groups in total. The van der Waals surface area contributed by atoms with Crippen LogP contribution in [0.4, 0.5) is 4.79 Å². The molecule has 0 saturated heterocycles. The van der Waals surface area contributed by atoms with Crippen molar-refractivity contribution in [1.82, 2.24) is 25.8 Å². The van der Waals surface area contributed by atoms with Crippen molar-refractivity contribution in [3.05, 3.63) is 71.0 Å². The molecule has 10 heteroatoms. The van der Waals surface area contributed by atoms with E-state index in [1.54, 1.807) is 31.2 Å². The quantitative estimate of drug-likeness (QED) is 0.457. The monoisotopic (exact) mass is 445 g/mol. The van der Waals surface area contributed by atoms with Crippen LogP contribution in [-0.2, 0) is 17.9 Å². The van der Waals surface area contributed by atoms with Gasteiger partial charge in [0.25, 0.3) is 0 Å². The van der Waals surface area contributed by atoms with Crippen molar-refractivity contribution in [2.75, 3.05) is 0 Å². The Morgan fingerprint density at radius 2 is 1.90 bits per heavy atom. The Bertz CT molecular complexity index is 982. The fourth-order valence-corrected chi connectivity index (χ4v) is 3.19. The lowest BCUT2D eigenvalue weighted by Gasteiger charge is -2.10. The number of nitrogens with one attached hydrogen (secondary N) is 3. The summed E-state index contributed by atoms with van der Waals surface area (Å²) in [5, 5.41) is 12.2. The minimum Gasteiger partial charge on any atom is -0.486 e. The predicted octanol–water partition coefficient (Wildman–Crippen LogP) is 3.54. The Labute approximate surface area is 182 Å². The molecule has 0 aliphatic heterocycles. The molecule has 1 atom stereocenters. The van der Waals surface area contributed by atoms with Crippen molar-refractivity contribution in [3.8, 4) is 5.75 Å². The van der Waals surface area contributed by atoms with Crippen LogP contribution in [0.2, 0.25) is 5.02 Å². The Morgan fingerprint density at radius 1 is 1.17 bits per heavy atom. The summed E-state index contributed by atoms with van der Waals surface area (Å²) in [5.41, 5.74) is 0.941. The predicted molar refractivity (Wildman–Crippen MR) is 114 cm³/mol. The Balaban J connectivity index is 1.42. The Morgan fingerprint density at radius 3 is 2.63 bits per heavy atom. The van der Waals surface area contributed by atoms with E-state index >= 15 is 0 Å². The molecule has 0 fully saturated rings. The van der Waals surface area contributed by atoms with E-state index in [4.69, 9.17) is 16.3 Å². The number of hydrogen-bond donors (Lipinski definition) is 3. The number of halogens is 1. The number of rotatable bonds is 8. The van der Waals surface area contributed by atoms with E-state index in [1.807, 2.05) is 30.3 Å². The summed E-state index contributed by atoms with van der Waals surface area (Å²) in [4.78, 5) is 28.4. The molecule has 3 rings (SSSR count). The number of hydrogen-bond acceptors (Lipinski definition) is 6. The van der Waals surface area contributed by atoms with Gasteiger partial charge in [-0.3, -0.25) is 15.2 Å². The van der Waals surface area contributed by atoms with Crippen molar-refractivity contribution < 1.29 is 14.3 Å². The molecule has 156 valence electrons. The number of benzene rings is 2. The molecule has 0 bridgehead atoms. The zero-order valence-corrected chi connectivity index (χ0v) is 17.7. The van der Waals surface area contributed by atoms with E-state index in [2.05, 4.69) is 25.8 Å². The van der Waals surface area contributed by atoms with E-state index in [-0.39, 0.29) is 6.61 Å². The minimum absolute atomic E-state index is 0.192. The van der Waals surface area contributed by atoms with Gasteiger partial charge < -0.3 is 10.1 Å². The molecule has 0 aliphatic carbocycles. The van der Waals surface area contributed by atoms with Crippen LogP contribution in [0, 0.1) is 0 Å². The van der Waals surface area contributed by atoms with Gasteiger partial charge in [0.15, 0.2) is 5.82 Å². The summed E-state index contributed by atoms with van der Waals surface area (Å²) in [6, 6.07) is 15.8. The summed E-state index contributed by atoms with van der Waals surface area (Å²) in [5.74, 6) is 0.731. The highest BCUT2D eigenvalue weighted by atomic mass is 35.5. The number of ether oxygens (including phenoxy) is 1. The van der Waals surface area contributed by atoms with Crippen LogP contribution < -0.4 is 15.4 Å². The number of urea groups is 1. The van der Waals surface area contributed by atoms with Crippen LogP contribution in [0.3, 0.4) is 0 Å². The van der Waals surface area contributed by atoms with Crippen LogP contribution in [0.15, 0.2) is 59.8 Å². The third-order valence-electron chi connectivity index (χ3n) is 3.88. The van der Waals surface area contributed by atoms with Crippen LogP contribution in [0.1, 0.15) is 18.3 Å². The van der Waals surface area contributed by atoms with Gasteiger partial charge in [0.1, 0.15) is 12.4 Å². The number of aromatic nitrogens is 3. The zero-order valence-electron chi connectivity index (χ0n) is 16.1. The van der Waals surface area contributed by atoms with Crippen molar-refractivity contribution in [1.29, 1.82) is 0 Å². The topological polar surface area (TPSA) is 109 Å². The van der Waals surface area contributed by atoms with Gasteiger partial charge in [-0.25, -0.2) is 9.78 Å². The normalized spacial score (nSPS) is 11.5. The van der Waals surface area contributed by atoms with Gasteiger partial charge in [0.05, 0.1) is 5.25 Å². The first kappa shape index (κ1) is 21.7. The first-order chi connectivity index (χ1) is 14.5. The van der Waals surface area contributed by atoms with E-state index < -0.39 is 17.2 Å². The molecule has 0 radical (unpaired) electrons. The zero-order chi connectivity index (χ0) is 21.3. The number of carbonyl (C=O) groups is 2. The van der Waals surface area contributed by atoms with E-state index in [9.17, 15) is 9.59 Å².